The van der Waals surface area contributed by atoms with Gasteiger partial charge in [0.2, 0.25) is 0 Å². The van der Waals surface area contributed by atoms with Gasteiger partial charge in [0.15, 0.2) is 0 Å². The van der Waals surface area contributed by atoms with Crippen LogP contribution in [0.2, 0.25) is 0 Å². The third-order valence-corrected chi connectivity index (χ3v) is 4.81. The first-order valence-corrected chi connectivity index (χ1v) is 7.37. The van der Waals surface area contributed by atoms with E-state index in [1.54, 1.807) is 20.8 Å². The molecule has 19 heavy (non-hydrogen) atoms. The molecule has 4 heteroatoms. The molecule has 0 aromatic heterocycles. The molecule has 0 radical (unpaired) electrons. The minimum Gasteiger partial charge on any atom is -0.465 e. The Balaban J connectivity index is 2.78. The standard InChI is InChI=1S/C15H28O4/c1-5-7-12(16)10-11-8-9-14(3,15(11,4)18)13(17)19-6-2/h11-12,16,18H,5-10H2,1-4H3/t11-,12?,14-,15-/m1/s1. The van der Waals surface area contributed by atoms with Crippen LogP contribution in [-0.2, 0) is 9.53 Å². The molecular formula is C15H28O4. The number of hydrogen-bond donors (Lipinski definition) is 2. The summed E-state index contributed by atoms with van der Waals surface area (Å²) >= 11 is 0. The van der Waals surface area contributed by atoms with Crippen LogP contribution in [0.15, 0.2) is 0 Å². The molecule has 4 atom stereocenters. The quantitative estimate of drug-likeness (QED) is 0.728. The number of esters is 1. The molecular weight excluding hydrogens is 244 g/mol. The highest BCUT2D eigenvalue weighted by atomic mass is 16.5. The van der Waals surface area contributed by atoms with E-state index in [2.05, 4.69) is 0 Å². The molecule has 0 spiro atoms. The fraction of sp³-hybridized carbons (Fsp3) is 0.933. The van der Waals surface area contributed by atoms with Gasteiger partial charge in [-0.25, -0.2) is 0 Å². The molecule has 112 valence electrons. The maximum atomic E-state index is 12.1. The van der Waals surface area contributed by atoms with E-state index >= 15 is 0 Å². The Bertz CT molecular complexity index is 313. The number of carbonyl (C=O) groups excluding carboxylic acids is 1. The molecule has 0 bridgehead atoms. The number of ether oxygens (including phenoxy) is 1. The van der Waals surface area contributed by atoms with E-state index in [-0.39, 0.29) is 11.9 Å². The number of aliphatic hydroxyl groups is 2. The van der Waals surface area contributed by atoms with Gasteiger partial charge < -0.3 is 14.9 Å². The van der Waals surface area contributed by atoms with E-state index in [0.717, 1.165) is 19.3 Å². The molecule has 0 heterocycles. The lowest BCUT2D eigenvalue weighted by Crippen LogP contribution is -2.50. The predicted octanol–water partition coefficient (Wildman–Crippen LogP) is 2.27. The summed E-state index contributed by atoms with van der Waals surface area (Å²) in [5.74, 6) is -0.379. The summed E-state index contributed by atoms with van der Waals surface area (Å²) in [5, 5.41) is 20.7. The molecule has 1 unspecified atom stereocenters. The summed E-state index contributed by atoms with van der Waals surface area (Å²) in [6.45, 7) is 7.61. The van der Waals surface area contributed by atoms with Gasteiger partial charge in [0.1, 0.15) is 0 Å². The number of rotatable bonds is 6. The van der Waals surface area contributed by atoms with Gasteiger partial charge in [0.05, 0.1) is 23.7 Å². The lowest BCUT2D eigenvalue weighted by Gasteiger charge is -2.38. The van der Waals surface area contributed by atoms with Gasteiger partial charge in [-0.15, -0.1) is 0 Å². The normalized spacial score (nSPS) is 36.2. The average molecular weight is 272 g/mol. The molecule has 0 aromatic rings. The molecule has 1 aliphatic rings. The van der Waals surface area contributed by atoms with Crippen LogP contribution in [0.25, 0.3) is 0 Å². The van der Waals surface area contributed by atoms with Crippen LogP contribution in [0.5, 0.6) is 0 Å². The van der Waals surface area contributed by atoms with E-state index < -0.39 is 17.1 Å². The van der Waals surface area contributed by atoms with Crippen LogP contribution in [0, 0.1) is 11.3 Å². The highest BCUT2D eigenvalue weighted by Crippen LogP contribution is 2.52. The average Bonchev–Trinajstić information content (AvgIpc) is 2.54. The minimum absolute atomic E-state index is 0.0524. The van der Waals surface area contributed by atoms with Gasteiger partial charge in [-0.1, -0.05) is 13.3 Å². The zero-order valence-corrected chi connectivity index (χ0v) is 12.6. The van der Waals surface area contributed by atoms with Crippen LogP contribution in [0.4, 0.5) is 0 Å². The molecule has 0 aromatic carbocycles. The maximum absolute atomic E-state index is 12.1. The SMILES string of the molecule is CCCC(O)C[C@H]1CC[C@](C)(C(=O)OCC)[C@]1(C)O. The Morgan fingerprint density at radius 1 is 1.42 bits per heavy atom. The van der Waals surface area contributed by atoms with E-state index in [9.17, 15) is 15.0 Å². The van der Waals surface area contributed by atoms with Crippen molar-refractivity contribution in [3.8, 4) is 0 Å². The lowest BCUT2D eigenvalue weighted by atomic mass is 9.72. The van der Waals surface area contributed by atoms with Crippen molar-refractivity contribution >= 4 is 5.97 Å². The summed E-state index contributed by atoms with van der Waals surface area (Å²) < 4.78 is 5.10. The summed E-state index contributed by atoms with van der Waals surface area (Å²) in [6.07, 6.45) is 3.18. The van der Waals surface area contributed by atoms with Crippen LogP contribution in [-0.4, -0.2) is 34.5 Å². The Morgan fingerprint density at radius 3 is 2.58 bits per heavy atom. The molecule has 1 rings (SSSR count). The van der Waals surface area contributed by atoms with Crippen molar-refractivity contribution in [2.45, 2.75) is 71.5 Å². The monoisotopic (exact) mass is 272 g/mol. The van der Waals surface area contributed by atoms with Crippen molar-refractivity contribution < 1.29 is 19.7 Å². The zero-order valence-electron chi connectivity index (χ0n) is 12.6. The van der Waals surface area contributed by atoms with E-state index in [4.69, 9.17) is 4.74 Å². The van der Waals surface area contributed by atoms with Crippen molar-refractivity contribution in [2.24, 2.45) is 11.3 Å². The molecule has 4 nitrogen and oxygen atoms in total. The van der Waals surface area contributed by atoms with Crippen LogP contribution in [0.3, 0.4) is 0 Å². The molecule has 0 amide bonds. The fourth-order valence-corrected chi connectivity index (χ4v) is 3.17. The van der Waals surface area contributed by atoms with Gasteiger partial charge in [-0.3, -0.25) is 4.79 Å². The first-order chi connectivity index (χ1) is 8.79. The van der Waals surface area contributed by atoms with Gasteiger partial charge in [0, 0.05) is 0 Å². The molecule has 1 saturated carbocycles. The van der Waals surface area contributed by atoms with Crippen molar-refractivity contribution in [3.05, 3.63) is 0 Å². The highest BCUT2D eigenvalue weighted by Gasteiger charge is 2.58. The van der Waals surface area contributed by atoms with Crippen molar-refractivity contribution in [2.75, 3.05) is 6.61 Å². The van der Waals surface area contributed by atoms with Gasteiger partial charge in [-0.05, 0) is 52.4 Å². The van der Waals surface area contributed by atoms with Crippen LogP contribution >= 0.6 is 0 Å². The highest BCUT2D eigenvalue weighted by molar-refractivity contribution is 5.78. The summed E-state index contributed by atoms with van der Waals surface area (Å²) in [4.78, 5) is 12.1. The van der Waals surface area contributed by atoms with Crippen molar-refractivity contribution in [1.82, 2.24) is 0 Å². The van der Waals surface area contributed by atoms with Crippen molar-refractivity contribution in [1.29, 1.82) is 0 Å². The molecule has 0 saturated heterocycles. The summed E-state index contributed by atoms with van der Waals surface area (Å²) in [6, 6.07) is 0. The Labute approximate surface area is 116 Å². The Kier molecular flexibility index (Phi) is 5.39. The lowest BCUT2D eigenvalue weighted by molar-refractivity contribution is -0.171. The van der Waals surface area contributed by atoms with E-state index in [1.807, 2.05) is 6.92 Å². The first kappa shape index (κ1) is 16.4. The topological polar surface area (TPSA) is 66.8 Å². The van der Waals surface area contributed by atoms with E-state index in [0.29, 0.717) is 19.4 Å². The van der Waals surface area contributed by atoms with E-state index in [1.165, 1.54) is 0 Å². The molecule has 2 N–H and O–H groups in total. The summed E-state index contributed by atoms with van der Waals surface area (Å²) in [5.41, 5.74) is -1.98. The predicted molar refractivity (Wildman–Crippen MR) is 73.6 cm³/mol. The second-order valence-corrected chi connectivity index (χ2v) is 6.11. The fourth-order valence-electron chi connectivity index (χ4n) is 3.17. The Morgan fingerprint density at radius 2 is 2.05 bits per heavy atom. The van der Waals surface area contributed by atoms with Crippen LogP contribution in [0.1, 0.15) is 59.8 Å². The number of aliphatic hydroxyl groups excluding tert-OH is 1. The van der Waals surface area contributed by atoms with Gasteiger partial charge >= 0.3 is 5.97 Å². The number of hydrogen-bond acceptors (Lipinski definition) is 4. The van der Waals surface area contributed by atoms with Gasteiger partial charge in [-0.2, -0.15) is 0 Å². The zero-order chi connectivity index (χ0) is 14.7. The van der Waals surface area contributed by atoms with Gasteiger partial charge in [0.25, 0.3) is 0 Å². The second kappa shape index (κ2) is 6.23. The minimum atomic E-state index is -1.12. The number of carbonyl (C=O) groups is 1. The molecule has 1 fully saturated rings. The summed E-state index contributed by atoms with van der Waals surface area (Å²) in [7, 11) is 0. The smallest absolute Gasteiger partial charge is 0.314 e. The first-order valence-electron chi connectivity index (χ1n) is 7.37. The molecule has 1 aliphatic carbocycles. The molecule has 0 aliphatic heterocycles. The second-order valence-electron chi connectivity index (χ2n) is 6.11. The maximum Gasteiger partial charge on any atom is 0.314 e. The third kappa shape index (κ3) is 3.11. The largest absolute Gasteiger partial charge is 0.465 e. The van der Waals surface area contributed by atoms with Crippen LogP contribution < -0.4 is 0 Å². The Hall–Kier alpha value is -0.610. The third-order valence-electron chi connectivity index (χ3n) is 4.81. The van der Waals surface area contributed by atoms with Crippen molar-refractivity contribution in [3.63, 3.8) is 0 Å².